The van der Waals surface area contributed by atoms with Gasteiger partial charge in [-0.25, -0.2) is 8.78 Å². The number of carbonyl (C=O) groups excluding carboxylic acids is 2. The summed E-state index contributed by atoms with van der Waals surface area (Å²) < 4.78 is 27.8. The first-order chi connectivity index (χ1) is 20.0. The minimum absolute atomic E-state index is 0.0107. The first kappa shape index (κ1) is 32.6. The Morgan fingerprint density at radius 3 is 2.02 bits per heavy atom. The van der Waals surface area contributed by atoms with E-state index in [9.17, 15) is 28.7 Å². The van der Waals surface area contributed by atoms with Gasteiger partial charge >= 0.3 is 0 Å². The molecule has 3 aromatic rings. The summed E-state index contributed by atoms with van der Waals surface area (Å²) in [5, 5.41) is 23.6. The number of hydrogen-bond acceptors (Lipinski definition) is 5. The second-order valence-corrected chi connectivity index (χ2v) is 10.5. The molecule has 226 valence electrons. The van der Waals surface area contributed by atoms with E-state index >= 15 is 0 Å². The van der Waals surface area contributed by atoms with Gasteiger partial charge in [-0.15, -0.1) is 0 Å². The maximum absolute atomic E-state index is 13.9. The highest BCUT2D eigenvalue weighted by molar-refractivity contribution is 5.99. The van der Waals surface area contributed by atoms with Crippen LogP contribution in [0.25, 0.3) is 0 Å². The van der Waals surface area contributed by atoms with Crippen molar-refractivity contribution in [3.8, 4) is 0 Å². The average Bonchev–Trinajstić information content (AvgIpc) is 2.95. The number of nitrogens with two attached hydrogens (primary N) is 1. The Balaban J connectivity index is 1.91. The van der Waals surface area contributed by atoms with E-state index in [1.165, 1.54) is 11.0 Å². The maximum Gasteiger partial charge on any atom is 0.260 e. The Kier molecular flexibility index (Phi) is 11.9. The van der Waals surface area contributed by atoms with E-state index < -0.39 is 29.7 Å². The number of nitrogens with zero attached hydrogens (tertiary/aromatic N) is 3. The molecule has 10 heteroatoms. The molecule has 2 aromatic carbocycles. The van der Waals surface area contributed by atoms with Crippen LogP contribution in [0.2, 0.25) is 0 Å². The van der Waals surface area contributed by atoms with Gasteiger partial charge in [-0.3, -0.25) is 9.59 Å². The lowest BCUT2D eigenvalue weighted by atomic mass is 10.0. The predicted octanol–water partition coefficient (Wildman–Crippen LogP) is 4.00. The molecule has 0 unspecified atom stereocenters. The largest absolute Gasteiger partial charge is 0.619 e. The van der Waals surface area contributed by atoms with Gasteiger partial charge in [-0.2, -0.15) is 4.73 Å². The van der Waals surface area contributed by atoms with Gasteiger partial charge in [-0.1, -0.05) is 45.0 Å². The van der Waals surface area contributed by atoms with Crippen molar-refractivity contribution in [3.05, 3.63) is 106 Å². The van der Waals surface area contributed by atoms with Crippen LogP contribution in [0.3, 0.4) is 0 Å². The zero-order valence-electron chi connectivity index (χ0n) is 24.4. The van der Waals surface area contributed by atoms with Crippen LogP contribution in [-0.2, 0) is 19.4 Å². The van der Waals surface area contributed by atoms with Crippen molar-refractivity contribution in [2.24, 2.45) is 5.73 Å². The van der Waals surface area contributed by atoms with E-state index in [1.807, 2.05) is 45.0 Å². The number of amides is 2. The van der Waals surface area contributed by atoms with E-state index in [1.54, 1.807) is 4.90 Å². The van der Waals surface area contributed by atoms with E-state index in [2.05, 4.69) is 0 Å². The standard InChI is InChI=1S/C32H40F2N4O4/c1-4-10-36(11-5-2)31(40)25-16-26(20-38(42)19-25)32(41)37(18-23-9-7-8-22(6-3)12-23)21-30(39)29(35)15-24-13-27(33)17-28(34)14-24/h7-9,12-14,16-17,19-20,29-30,39H,4-6,10-11,15,18,21,35H2,1-3H3/t29-,30+/m0/s1. The molecule has 0 saturated heterocycles. The molecule has 1 heterocycles. The van der Waals surface area contributed by atoms with Gasteiger partial charge in [0.2, 0.25) is 0 Å². The van der Waals surface area contributed by atoms with Crippen molar-refractivity contribution < 1.29 is 28.2 Å². The Bertz CT molecular complexity index is 1340. The molecule has 1 aromatic heterocycles. The number of benzene rings is 2. The van der Waals surface area contributed by atoms with Crippen molar-refractivity contribution in [1.82, 2.24) is 9.80 Å². The SMILES string of the molecule is CCCN(CCC)C(=O)c1cc(C(=O)N(Cc2cccc(CC)c2)C[C@@H](O)[C@@H](N)Cc2cc(F)cc(F)c2)c[n+]([O-])c1. The second kappa shape index (κ2) is 15.4. The van der Waals surface area contributed by atoms with E-state index in [0.29, 0.717) is 17.8 Å². The van der Waals surface area contributed by atoms with E-state index in [0.717, 1.165) is 61.0 Å². The monoisotopic (exact) mass is 582 g/mol. The Morgan fingerprint density at radius 1 is 0.881 bits per heavy atom. The number of aliphatic hydroxyl groups excluding tert-OH is 1. The molecule has 2 atom stereocenters. The number of aliphatic hydroxyl groups is 1. The topological polar surface area (TPSA) is 114 Å². The molecule has 0 fully saturated rings. The summed E-state index contributed by atoms with van der Waals surface area (Å²) in [4.78, 5) is 30.1. The minimum atomic E-state index is -1.26. The predicted molar refractivity (Wildman–Crippen MR) is 156 cm³/mol. The third kappa shape index (κ3) is 9.06. The molecule has 0 aliphatic carbocycles. The Hall–Kier alpha value is -3.89. The van der Waals surface area contributed by atoms with E-state index in [-0.39, 0.29) is 42.1 Å². The molecule has 0 aliphatic rings. The summed E-state index contributed by atoms with van der Waals surface area (Å²) in [6.45, 7) is 6.83. The maximum atomic E-state index is 13.9. The fourth-order valence-corrected chi connectivity index (χ4v) is 4.89. The smallest absolute Gasteiger partial charge is 0.260 e. The lowest BCUT2D eigenvalue weighted by Gasteiger charge is -2.28. The number of halogens is 2. The molecule has 0 aliphatic heterocycles. The molecule has 0 radical (unpaired) electrons. The third-order valence-corrected chi connectivity index (χ3v) is 6.97. The average molecular weight is 583 g/mol. The molecule has 3 rings (SSSR count). The molecule has 0 saturated carbocycles. The van der Waals surface area contributed by atoms with Gasteiger partial charge in [0.25, 0.3) is 11.8 Å². The molecule has 2 amide bonds. The highest BCUT2D eigenvalue weighted by atomic mass is 19.1. The van der Waals surface area contributed by atoms with Gasteiger partial charge in [0.15, 0.2) is 12.4 Å². The highest BCUT2D eigenvalue weighted by Crippen LogP contribution is 2.17. The number of carbonyl (C=O) groups is 2. The second-order valence-electron chi connectivity index (χ2n) is 10.5. The fourth-order valence-electron chi connectivity index (χ4n) is 4.89. The number of pyridine rings is 1. The van der Waals surface area contributed by atoms with Crippen molar-refractivity contribution in [2.75, 3.05) is 19.6 Å². The lowest BCUT2D eigenvalue weighted by molar-refractivity contribution is -0.605. The fraction of sp³-hybridized carbons (Fsp3) is 0.406. The van der Waals surface area contributed by atoms with Crippen LogP contribution < -0.4 is 10.5 Å². The lowest BCUT2D eigenvalue weighted by Crippen LogP contribution is -2.46. The van der Waals surface area contributed by atoms with Crippen LogP contribution in [0.5, 0.6) is 0 Å². The van der Waals surface area contributed by atoms with Crippen molar-refractivity contribution in [1.29, 1.82) is 0 Å². The summed E-state index contributed by atoms with van der Waals surface area (Å²) in [6, 6.07) is 11.1. The first-order valence-electron chi connectivity index (χ1n) is 14.3. The quantitative estimate of drug-likeness (QED) is 0.220. The zero-order valence-corrected chi connectivity index (χ0v) is 24.4. The summed E-state index contributed by atoms with van der Waals surface area (Å²) >= 11 is 0. The van der Waals surface area contributed by atoms with Crippen LogP contribution in [0.4, 0.5) is 8.78 Å². The van der Waals surface area contributed by atoms with Gasteiger partial charge < -0.3 is 25.8 Å². The molecular formula is C32H40F2N4O4. The molecule has 0 bridgehead atoms. The van der Waals surface area contributed by atoms with Crippen LogP contribution in [0.15, 0.2) is 60.9 Å². The number of aromatic nitrogens is 1. The summed E-state index contributed by atoms with van der Waals surface area (Å²) in [5.41, 5.74) is 8.43. The normalized spacial score (nSPS) is 12.5. The number of rotatable bonds is 14. The number of hydrogen-bond donors (Lipinski definition) is 2. The van der Waals surface area contributed by atoms with Gasteiger partial charge in [0, 0.05) is 38.3 Å². The minimum Gasteiger partial charge on any atom is -0.619 e. The number of aryl methyl sites for hydroxylation is 1. The van der Waals surface area contributed by atoms with Gasteiger partial charge in [0.05, 0.1) is 6.10 Å². The molecule has 42 heavy (non-hydrogen) atoms. The zero-order chi connectivity index (χ0) is 30.8. The van der Waals surface area contributed by atoms with Gasteiger partial charge in [0.1, 0.15) is 22.8 Å². The third-order valence-electron chi connectivity index (χ3n) is 6.97. The molecule has 0 spiro atoms. The molecular weight excluding hydrogens is 542 g/mol. The van der Waals surface area contributed by atoms with Gasteiger partial charge in [-0.05, 0) is 60.6 Å². The van der Waals surface area contributed by atoms with Crippen molar-refractivity contribution in [3.63, 3.8) is 0 Å². The van der Waals surface area contributed by atoms with Crippen LogP contribution in [0.1, 0.15) is 71.0 Å². The summed E-state index contributed by atoms with van der Waals surface area (Å²) in [7, 11) is 0. The highest BCUT2D eigenvalue weighted by Gasteiger charge is 2.27. The summed E-state index contributed by atoms with van der Waals surface area (Å²) in [6.07, 6.45) is 3.22. The molecule has 8 nitrogen and oxygen atoms in total. The summed E-state index contributed by atoms with van der Waals surface area (Å²) in [5.74, 6) is -2.42. The van der Waals surface area contributed by atoms with Crippen molar-refractivity contribution >= 4 is 11.8 Å². The van der Waals surface area contributed by atoms with Crippen LogP contribution in [-0.4, -0.2) is 58.5 Å². The van der Waals surface area contributed by atoms with Crippen LogP contribution in [0, 0.1) is 16.8 Å². The molecule has 3 N–H and O–H groups in total. The Labute approximate surface area is 246 Å². The van der Waals surface area contributed by atoms with Crippen LogP contribution >= 0.6 is 0 Å². The first-order valence-corrected chi connectivity index (χ1v) is 14.3. The Morgan fingerprint density at radius 2 is 1.45 bits per heavy atom. The van der Waals surface area contributed by atoms with E-state index in [4.69, 9.17) is 5.73 Å². The van der Waals surface area contributed by atoms with Crippen molar-refractivity contribution in [2.45, 2.75) is 65.1 Å².